The van der Waals surface area contributed by atoms with E-state index in [4.69, 9.17) is 9.47 Å². The molecule has 1 aliphatic rings. The van der Waals surface area contributed by atoms with E-state index in [9.17, 15) is 4.79 Å². The van der Waals surface area contributed by atoms with Crippen molar-refractivity contribution >= 4 is 27.5 Å². The molecule has 0 N–H and O–H groups in total. The van der Waals surface area contributed by atoms with Crippen molar-refractivity contribution in [2.75, 3.05) is 6.79 Å². The lowest BCUT2D eigenvalue weighted by molar-refractivity contribution is -0.118. The van der Waals surface area contributed by atoms with Crippen LogP contribution in [0.15, 0.2) is 23.2 Å². The Bertz CT molecular complexity index is 1040. The Kier molecular flexibility index (Phi) is 3.84. The number of rotatable bonds is 3. The molecule has 0 saturated carbocycles. The highest BCUT2D eigenvalue weighted by Crippen LogP contribution is 2.36. The highest BCUT2D eigenvalue weighted by molar-refractivity contribution is 7.16. The minimum absolute atomic E-state index is 0.139. The topological polar surface area (TPSA) is 70.6 Å². The molecule has 130 valence electrons. The van der Waals surface area contributed by atoms with Crippen LogP contribution in [0.4, 0.5) is 0 Å². The Morgan fingerprint density at radius 2 is 2.04 bits per heavy atom. The van der Waals surface area contributed by atoms with Gasteiger partial charge >= 0.3 is 0 Å². The molecule has 7 nitrogen and oxygen atoms in total. The number of carbonyl (C=O) groups is 1. The van der Waals surface area contributed by atoms with E-state index >= 15 is 0 Å². The monoisotopic (exact) mass is 358 g/mol. The lowest BCUT2D eigenvalue weighted by atomic mass is 10.3. The molecule has 3 heterocycles. The van der Waals surface area contributed by atoms with Gasteiger partial charge in [0, 0.05) is 24.4 Å². The van der Waals surface area contributed by atoms with Crippen molar-refractivity contribution in [2.45, 2.75) is 33.9 Å². The third kappa shape index (κ3) is 2.82. The van der Waals surface area contributed by atoms with E-state index in [2.05, 4.69) is 10.1 Å². The van der Waals surface area contributed by atoms with E-state index in [-0.39, 0.29) is 19.2 Å². The number of aryl methyl sites for hydroxylation is 3. The number of hydrogen-bond donors (Lipinski definition) is 0. The number of carbonyl (C=O) groups excluding carboxylic acids is 1. The van der Waals surface area contributed by atoms with Crippen molar-refractivity contribution < 1.29 is 14.3 Å². The molecule has 1 amide bonds. The largest absolute Gasteiger partial charge is 0.454 e. The number of hydrogen-bond acceptors (Lipinski definition) is 5. The fraction of sp³-hybridized carbons (Fsp3) is 0.353. The van der Waals surface area contributed by atoms with Crippen molar-refractivity contribution in [1.82, 2.24) is 14.3 Å². The first-order chi connectivity index (χ1) is 12.0. The molecule has 0 radical (unpaired) electrons. The molecule has 25 heavy (non-hydrogen) atoms. The van der Waals surface area contributed by atoms with Gasteiger partial charge in [-0.3, -0.25) is 9.48 Å². The normalized spacial score (nSPS) is 13.8. The number of aromatic nitrogens is 3. The Balaban J connectivity index is 1.73. The lowest BCUT2D eigenvalue weighted by Crippen LogP contribution is -2.18. The first-order valence-electron chi connectivity index (χ1n) is 8.06. The van der Waals surface area contributed by atoms with Crippen LogP contribution in [0.5, 0.6) is 11.5 Å². The molecule has 3 aromatic rings. The minimum Gasteiger partial charge on any atom is -0.454 e. The first-order valence-corrected chi connectivity index (χ1v) is 8.88. The smallest absolute Gasteiger partial charge is 0.270 e. The van der Waals surface area contributed by atoms with Crippen molar-refractivity contribution in [3.8, 4) is 11.5 Å². The van der Waals surface area contributed by atoms with Gasteiger partial charge in [0.15, 0.2) is 16.3 Å². The molecule has 0 saturated heterocycles. The third-order valence-corrected chi connectivity index (χ3v) is 5.14. The van der Waals surface area contributed by atoms with Crippen LogP contribution in [-0.2, 0) is 17.9 Å². The molecule has 0 bridgehead atoms. The number of thiazole rings is 1. The van der Waals surface area contributed by atoms with Crippen molar-refractivity contribution in [1.29, 1.82) is 0 Å². The molecule has 4 rings (SSSR count). The molecule has 1 aromatic carbocycles. The van der Waals surface area contributed by atoms with Crippen LogP contribution < -0.4 is 14.3 Å². The van der Waals surface area contributed by atoms with E-state index in [1.807, 2.05) is 43.5 Å². The predicted octanol–water partition coefficient (Wildman–Crippen LogP) is 2.39. The highest BCUT2D eigenvalue weighted by atomic mass is 32.1. The Hall–Kier alpha value is -2.61. The number of fused-ring (bicyclic) bond motifs is 2. The second kappa shape index (κ2) is 6.03. The second-order valence-corrected chi connectivity index (χ2v) is 6.90. The zero-order valence-corrected chi connectivity index (χ0v) is 15.1. The van der Waals surface area contributed by atoms with Gasteiger partial charge in [0.25, 0.3) is 5.91 Å². The van der Waals surface area contributed by atoms with E-state index in [1.54, 1.807) is 4.68 Å². The fourth-order valence-corrected chi connectivity index (χ4v) is 4.08. The van der Waals surface area contributed by atoms with Crippen molar-refractivity contribution in [3.63, 3.8) is 0 Å². The third-order valence-electron chi connectivity index (χ3n) is 4.10. The maximum atomic E-state index is 12.4. The van der Waals surface area contributed by atoms with Gasteiger partial charge in [-0.25, -0.2) is 0 Å². The number of nitrogens with zero attached hydrogens (tertiary/aromatic N) is 4. The molecular weight excluding hydrogens is 340 g/mol. The number of benzene rings is 1. The van der Waals surface area contributed by atoms with Crippen LogP contribution in [0.2, 0.25) is 0 Å². The maximum absolute atomic E-state index is 12.4. The molecule has 0 atom stereocenters. The average molecular weight is 358 g/mol. The molecule has 0 aliphatic carbocycles. The van der Waals surface area contributed by atoms with E-state index in [0.717, 1.165) is 33.1 Å². The fourth-order valence-electron chi connectivity index (χ4n) is 2.96. The Labute approximate surface area is 148 Å². The molecule has 2 aromatic heterocycles. The van der Waals surface area contributed by atoms with Gasteiger partial charge in [-0.15, -0.1) is 0 Å². The molecule has 8 heteroatoms. The molecule has 0 fully saturated rings. The standard InChI is InChI=1S/C17H18N4O3S/c1-4-20-12-6-13-14(24-9-23-13)7-15(12)25-17(20)18-16(22)8-21-11(3)5-10(2)19-21/h5-7H,4,8-9H2,1-3H3. The summed E-state index contributed by atoms with van der Waals surface area (Å²) in [5.41, 5.74) is 2.84. The molecule has 1 aliphatic heterocycles. The zero-order chi connectivity index (χ0) is 17.6. The molecule has 0 spiro atoms. The van der Waals surface area contributed by atoms with Gasteiger partial charge in [-0.1, -0.05) is 11.3 Å². The van der Waals surface area contributed by atoms with Gasteiger partial charge in [0.1, 0.15) is 6.54 Å². The summed E-state index contributed by atoms with van der Waals surface area (Å²) in [6.07, 6.45) is 0. The van der Waals surface area contributed by atoms with Gasteiger partial charge in [0.2, 0.25) is 6.79 Å². The molecule has 0 unspecified atom stereocenters. The summed E-state index contributed by atoms with van der Waals surface area (Å²) in [7, 11) is 0. The Morgan fingerprint density at radius 1 is 1.28 bits per heavy atom. The van der Waals surface area contributed by atoms with Gasteiger partial charge in [0.05, 0.1) is 15.9 Å². The van der Waals surface area contributed by atoms with E-state index in [1.165, 1.54) is 11.3 Å². The van der Waals surface area contributed by atoms with Crippen LogP contribution in [0.25, 0.3) is 10.2 Å². The van der Waals surface area contributed by atoms with Crippen LogP contribution in [0.1, 0.15) is 18.3 Å². The number of amides is 1. The predicted molar refractivity (Wildman–Crippen MR) is 93.9 cm³/mol. The van der Waals surface area contributed by atoms with E-state index in [0.29, 0.717) is 11.3 Å². The minimum atomic E-state index is -0.222. The van der Waals surface area contributed by atoms with Crippen LogP contribution >= 0.6 is 11.3 Å². The average Bonchev–Trinajstić information content (AvgIpc) is 3.22. The summed E-state index contributed by atoms with van der Waals surface area (Å²) in [4.78, 5) is 17.4. The second-order valence-electron chi connectivity index (χ2n) is 5.89. The van der Waals surface area contributed by atoms with Crippen LogP contribution in [0.3, 0.4) is 0 Å². The summed E-state index contributed by atoms with van der Waals surface area (Å²) < 4.78 is 15.6. The Morgan fingerprint density at radius 3 is 2.72 bits per heavy atom. The summed E-state index contributed by atoms with van der Waals surface area (Å²) in [5, 5.41) is 4.32. The van der Waals surface area contributed by atoms with Gasteiger partial charge < -0.3 is 14.0 Å². The van der Waals surface area contributed by atoms with Crippen LogP contribution in [-0.4, -0.2) is 27.0 Å². The summed E-state index contributed by atoms with van der Waals surface area (Å²) in [5.74, 6) is 1.24. The SMILES string of the molecule is CCn1c(=NC(=O)Cn2nc(C)cc2C)sc2cc3c(cc21)OCO3. The lowest BCUT2D eigenvalue weighted by Gasteiger charge is -2.02. The summed E-state index contributed by atoms with van der Waals surface area (Å²) >= 11 is 1.47. The van der Waals surface area contributed by atoms with E-state index < -0.39 is 0 Å². The van der Waals surface area contributed by atoms with Gasteiger partial charge in [-0.05, 0) is 26.8 Å². The molecular formula is C17H18N4O3S. The summed E-state index contributed by atoms with van der Waals surface area (Å²) in [6, 6.07) is 5.83. The summed E-state index contributed by atoms with van der Waals surface area (Å²) in [6.45, 7) is 6.97. The van der Waals surface area contributed by atoms with Crippen LogP contribution in [0, 0.1) is 13.8 Å². The van der Waals surface area contributed by atoms with Crippen molar-refractivity contribution in [2.24, 2.45) is 4.99 Å². The van der Waals surface area contributed by atoms with Crippen molar-refractivity contribution in [3.05, 3.63) is 34.4 Å². The quantitative estimate of drug-likeness (QED) is 0.721. The van der Waals surface area contributed by atoms with Gasteiger partial charge in [-0.2, -0.15) is 10.1 Å². The number of ether oxygens (including phenoxy) is 2. The maximum Gasteiger partial charge on any atom is 0.270 e. The zero-order valence-electron chi connectivity index (χ0n) is 14.3. The highest BCUT2D eigenvalue weighted by Gasteiger charge is 2.17. The first kappa shape index (κ1) is 15.9.